The Hall–Kier alpha value is -1.46. The summed E-state index contributed by atoms with van der Waals surface area (Å²) in [5.41, 5.74) is 6.33. The summed E-state index contributed by atoms with van der Waals surface area (Å²) in [5, 5.41) is 0. The van der Waals surface area contributed by atoms with Crippen molar-refractivity contribution < 1.29 is 4.74 Å². The van der Waals surface area contributed by atoms with Gasteiger partial charge in [-0.3, -0.25) is 0 Å². The summed E-state index contributed by atoms with van der Waals surface area (Å²) in [4.78, 5) is 0. The Morgan fingerprint density at radius 1 is 0.950 bits per heavy atom. The lowest BCUT2D eigenvalue weighted by molar-refractivity contribution is 0.304. The maximum absolute atomic E-state index is 5.72. The normalized spacial score (nSPS) is 9.90. The highest BCUT2D eigenvalue weighted by Gasteiger charge is 1.95. The zero-order chi connectivity index (χ0) is 14.5. The summed E-state index contributed by atoms with van der Waals surface area (Å²) in [6.45, 7) is 3.46. The molecule has 0 atom stereocenters. The Morgan fingerprint density at radius 3 is 2.25 bits per heavy atom. The Labute approximate surface area is 123 Å². The first-order valence-corrected chi connectivity index (χ1v) is 7.78. The van der Waals surface area contributed by atoms with E-state index in [1.54, 1.807) is 0 Å². The minimum atomic E-state index is 0.399. The summed E-state index contributed by atoms with van der Waals surface area (Å²) < 4.78 is 5.72. The van der Waals surface area contributed by atoms with E-state index in [1.165, 1.54) is 38.5 Å². The highest BCUT2D eigenvalue weighted by Crippen LogP contribution is 2.13. The molecule has 0 radical (unpaired) electrons. The molecule has 110 valence electrons. The van der Waals surface area contributed by atoms with Gasteiger partial charge in [0.25, 0.3) is 0 Å². The van der Waals surface area contributed by atoms with Gasteiger partial charge < -0.3 is 10.5 Å². The van der Waals surface area contributed by atoms with Gasteiger partial charge in [-0.1, -0.05) is 57.3 Å². The van der Waals surface area contributed by atoms with Crippen molar-refractivity contribution in [2.24, 2.45) is 5.73 Å². The van der Waals surface area contributed by atoms with Crippen LogP contribution in [0.4, 0.5) is 0 Å². The van der Waals surface area contributed by atoms with Crippen LogP contribution in [0.25, 0.3) is 0 Å². The molecule has 0 amide bonds. The van der Waals surface area contributed by atoms with Crippen LogP contribution in [0, 0.1) is 11.8 Å². The van der Waals surface area contributed by atoms with E-state index >= 15 is 0 Å². The van der Waals surface area contributed by atoms with Crippen LogP contribution in [0.15, 0.2) is 24.3 Å². The maximum atomic E-state index is 5.72. The van der Waals surface area contributed by atoms with Crippen LogP contribution in [0.1, 0.15) is 57.4 Å². The third-order valence-electron chi connectivity index (χ3n) is 3.21. The molecule has 0 aromatic heterocycles. The first kappa shape index (κ1) is 16.6. The van der Waals surface area contributed by atoms with Crippen molar-refractivity contribution >= 4 is 0 Å². The second-order valence-corrected chi connectivity index (χ2v) is 5.00. The predicted molar refractivity (Wildman–Crippen MR) is 85.9 cm³/mol. The van der Waals surface area contributed by atoms with Crippen LogP contribution in [0.2, 0.25) is 0 Å². The minimum absolute atomic E-state index is 0.399. The molecule has 0 spiro atoms. The Morgan fingerprint density at radius 2 is 1.60 bits per heavy atom. The van der Waals surface area contributed by atoms with Crippen molar-refractivity contribution in [3.8, 4) is 17.6 Å². The average molecular weight is 273 g/mol. The van der Waals surface area contributed by atoms with Crippen molar-refractivity contribution in [3.63, 3.8) is 0 Å². The number of unbranched alkanes of at least 4 members (excludes halogenated alkanes) is 6. The Kier molecular flexibility index (Phi) is 9.44. The molecule has 0 fully saturated rings. The molecule has 1 aromatic rings. The number of hydrogen-bond acceptors (Lipinski definition) is 2. The van der Waals surface area contributed by atoms with Gasteiger partial charge in [0.05, 0.1) is 13.2 Å². The van der Waals surface area contributed by atoms with Crippen LogP contribution in [0.3, 0.4) is 0 Å². The van der Waals surface area contributed by atoms with Crippen LogP contribution >= 0.6 is 0 Å². The van der Waals surface area contributed by atoms with Crippen molar-refractivity contribution in [3.05, 3.63) is 29.8 Å². The number of benzene rings is 1. The SMILES string of the molecule is CCCCCCCCCOc1ccc(C#CCN)cc1. The lowest BCUT2D eigenvalue weighted by atomic mass is 10.1. The summed E-state index contributed by atoms with van der Waals surface area (Å²) in [6, 6.07) is 7.90. The van der Waals surface area contributed by atoms with Gasteiger partial charge in [0.1, 0.15) is 5.75 Å². The van der Waals surface area contributed by atoms with E-state index in [2.05, 4.69) is 18.8 Å². The Bertz CT molecular complexity index is 400. The quantitative estimate of drug-likeness (QED) is 0.542. The molecule has 0 aliphatic heterocycles. The molecule has 0 aliphatic rings. The molecule has 0 heterocycles. The van der Waals surface area contributed by atoms with Gasteiger partial charge in [-0.15, -0.1) is 0 Å². The fourth-order valence-electron chi connectivity index (χ4n) is 2.04. The van der Waals surface area contributed by atoms with Gasteiger partial charge in [-0.25, -0.2) is 0 Å². The summed E-state index contributed by atoms with van der Waals surface area (Å²) >= 11 is 0. The lowest BCUT2D eigenvalue weighted by Gasteiger charge is -2.06. The molecule has 2 N–H and O–H groups in total. The molecular formula is C18H27NO. The van der Waals surface area contributed by atoms with Gasteiger partial charge in [0.15, 0.2) is 0 Å². The molecule has 20 heavy (non-hydrogen) atoms. The molecule has 2 nitrogen and oxygen atoms in total. The van der Waals surface area contributed by atoms with E-state index in [0.717, 1.165) is 24.3 Å². The first-order chi connectivity index (χ1) is 9.86. The smallest absolute Gasteiger partial charge is 0.119 e. The summed E-state index contributed by atoms with van der Waals surface area (Å²) in [7, 11) is 0. The molecule has 2 heteroatoms. The topological polar surface area (TPSA) is 35.2 Å². The monoisotopic (exact) mass is 273 g/mol. The van der Waals surface area contributed by atoms with Gasteiger partial charge >= 0.3 is 0 Å². The molecule has 0 aliphatic carbocycles. The van der Waals surface area contributed by atoms with Crippen molar-refractivity contribution in [2.75, 3.05) is 13.2 Å². The van der Waals surface area contributed by atoms with Crippen molar-refractivity contribution in [1.29, 1.82) is 0 Å². The zero-order valence-corrected chi connectivity index (χ0v) is 12.7. The largest absolute Gasteiger partial charge is 0.494 e. The molecular weight excluding hydrogens is 246 g/mol. The standard InChI is InChI=1S/C18H27NO/c1-2-3-4-5-6-7-8-16-20-18-13-11-17(12-14-18)10-9-15-19/h11-14H,2-8,15-16,19H2,1H3. The second-order valence-electron chi connectivity index (χ2n) is 5.00. The number of rotatable bonds is 9. The Balaban J connectivity index is 2.10. The molecule has 0 unspecified atom stereocenters. The predicted octanol–water partition coefficient (Wildman–Crippen LogP) is 4.13. The number of ether oxygens (including phenoxy) is 1. The number of hydrogen-bond donors (Lipinski definition) is 1. The van der Waals surface area contributed by atoms with Gasteiger partial charge in [-0.05, 0) is 30.7 Å². The zero-order valence-electron chi connectivity index (χ0n) is 12.7. The van der Waals surface area contributed by atoms with Crippen molar-refractivity contribution in [2.45, 2.75) is 51.9 Å². The number of nitrogens with two attached hydrogens (primary N) is 1. The highest BCUT2D eigenvalue weighted by molar-refractivity contribution is 5.38. The van der Waals surface area contributed by atoms with E-state index in [1.807, 2.05) is 24.3 Å². The van der Waals surface area contributed by atoms with E-state index in [9.17, 15) is 0 Å². The highest BCUT2D eigenvalue weighted by atomic mass is 16.5. The first-order valence-electron chi connectivity index (χ1n) is 7.78. The third kappa shape index (κ3) is 7.86. The van der Waals surface area contributed by atoms with E-state index in [-0.39, 0.29) is 0 Å². The van der Waals surface area contributed by atoms with Crippen molar-refractivity contribution in [1.82, 2.24) is 0 Å². The molecule has 0 bridgehead atoms. The molecule has 1 rings (SSSR count). The van der Waals surface area contributed by atoms with Gasteiger partial charge in [0, 0.05) is 5.56 Å². The van der Waals surface area contributed by atoms with Crippen LogP contribution in [-0.4, -0.2) is 13.2 Å². The fourth-order valence-corrected chi connectivity index (χ4v) is 2.04. The molecule has 0 saturated carbocycles. The third-order valence-corrected chi connectivity index (χ3v) is 3.21. The average Bonchev–Trinajstić information content (AvgIpc) is 2.49. The van der Waals surface area contributed by atoms with Crippen LogP contribution in [0.5, 0.6) is 5.75 Å². The maximum Gasteiger partial charge on any atom is 0.119 e. The van der Waals surface area contributed by atoms with Gasteiger partial charge in [0.2, 0.25) is 0 Å². The van der Waals surface area contributed by atoms with E-state index < -0.39 is 0 Å². The van der Waals surface area contributed by atoms with E-state index in [4.69, 9.17) is 10.5 Å². The second kappa shape index (κ2) is 11.4. The lowest BCUT2D eigenvalue weighted by Crippen LogP contribution is -1.97. The molecule has 0 saturated heterocycles. The van der Waals surface area contributed by atoms with Crippen LogP contribution < -0.4 is 10.5 Å². The molecule has 1 aromatic carbocycles. The van der Waals surface area contributed by atoms with E-state index in [0.29, 0.717) is 6.54 Å². The van der Waals surface area contributed by atoms with Crippen LogP contribution in [-0.2, 0) is 0 Å². The summed E-state index contributed by atoms with van der Waals surface area (Å²) in [5.74, 6) is 6.77. The minimum Gasteiger partial charge on any atom is -0.494 e. The summed E-state index contributed by atoms with van der Waals surface area (Å²) in [6.07, 6.45) is 9.16. The fraction of sp³-hybridized carbons (Fsp3) is 0.556. The van der Waals surface area contributed by atoms with Gasteiger partial charge in [-0.2, -0.15) is 0 Å².